The first-order valence-corrected chi connectivity index (χ1v) is 7.41. The van der Waals surface area contributed by atoms with E-state index in [1.807, 2.05) is 0 Å². The van der Waals surface area contributed by atoms with Crippen LogP contribution in [0.25, 0.3) is 0 Å². The van der Waals surface area contributed by atoms with Crippen molar-refractivity contribution in [3.05, 3.63) is 22.8 Å². The molecule has 1 saturated heterocycles. The number of carbonyl (C=O) groups is 2. The van der Waals surface area contributed by atoms with Gasteiger partial charge in [-0.3, -0.25) is 9.59 Å². The van der Waals surface area contributed by atoms with Gasteiger partial charge < -0.3 is 0 Å². The SMILES string of the molecule is O=C1CC2(CCCCC2)C(=O)N1c1ncccc1Br. The number of nitrogens with zero attached hydrogens (tertiary/aromatic N) is 2. The van der Waals surface area contributed by atoms with Crippen molar-refractivity contribution in [2.75, 3.05) is 4.90 Å². The second-order valence-electron chi connectivity index (χ2n) is 5.36. The Morgan fingerprint density at radius 3 is 2.63 bits per heavy atom. The number of anilines is 1. The summed E-state index contributed by atoms with van der Waals surface area (Å²) in [7, 11) is 0. The molecule has 2 aliphatic rings. The van der Waals surface area contributed by atoms with Gasteiger partial charge in [0.1, 0.15) is 0 Å². The molecule has 1 aromatic heterocycles. The van der Waals surface area contributed by atoms with Gasteiger partial charge in [-0.15, -0.1) is 0 Å². The van der Waals surface area contributed by atoms with E-state index in [0.717, 1.165) is 32.1 Å². The Kier molecular flexibility index (Phi) is 3.17. The highest BCUT2D eigenvalue weighted by Gasteiger charge is 2.52. The number of imide groups is 1. The van der Waals surface area contributed by atoms with E-state index < -0.39 is 5.41 Å². The number of aromatic nitrogens is 1. The van der Waals surface area contributed by atoms with Crippen LogP contribution in [0.3, 0.4) is 0 Å². The average Bonchev–Trinajstić information content (AvgIpc) is 2.63. The van der Waals surface area contributed by atoms with Gasteiger partial charge in [0, 0.05) is 12.6 Å². The zero-order valence-corrected chi connectivity index (χ0v) is 12.1. The Bertz CT molecular complexity index is 538. The summed E-state index contributed by atoms with van der Waals surface area (Å²) >= 11 is 3.37. The standard InChI is InChI=1S/C14H15BrN2O2/c15-10-5-4-8-16-12(10)17-11(18)9-14(13(17)19)6-2-1-3-7-14/h4-5,8H,1-3,6-7,9H2. The first-order chi connectivity index (χ1) is 9.14. The molecule has 1 saturated carbocycles. The molecule has 0 radical (unpaired) electrons. The third-order valence-electron chi connectivity index (χ3n) is 4.16. The van der Waals surface area contributed by atoms with Gasteiger partial charge in [0.2, 0.25) is 11.8 Å². The summed E-state index contributed by atoms with van der Waals surface area (Å²) in [5.74, 6) is 0.253. The molecule has 0 aromatic carbocycles. The molecular formula is C14H15BrN2O2. The number of pyridine rings is 1. The number of hydrogen-bond donors (Lipinski definition) is 0. The lowest BCUT2D eigenvalue weighted by molar-refractivity contribution is -0.127. The third kappa shape index (κ3) is 2.00. The Balaban J connectivity index is 1.98. The lowest BCUT2D eigenvalue weighted by Crippen LogP contribution is -2.37. The fourth-order valence-corrected chi connectivity index (χ4v) is 3.60. The summed E-state index contributed by atoms with van der Waals surface area (Å²) < 4.78 is 0.685. The maximum absolute atomic E-state index is 12.7. The number of carbonyl (C=O) groups excluding carboxylic acids is 2. The van der Waals surface area contributed by atoms with Crippen LogP contribution in [0.5, 0.6) is 0 Å². The summed E-state index contributed by atoms with van der Waals surface area (Å²) in [5.41, 5.74) is -0.452. The molecule has 3 rings (SSSR count). The summed E-state index contributed by atoms with van der Waals surface area (Å²) in [6, 6.07) is 3.57. The van der Waals surface area contributed by atoms with E-state index in [1.54, 1.807) is 18.3 Å². The molecule has 2 fully saturated rings. The van der Waals surface area contributed by atoms with Crippen molar-refractivity contribution in [2.45, 2.75) is 38.5 Å². The lowest BCUT2D eigenvalue weighted by Gasteiger charge is -2.30. The minimum absolute atomic E-state index is 0.0587. The van der Waals surface area contributed by atoms with Gasteiger partial charge in [0.25, 0.3) is 0 Å². The van der Waals surface area contributed by atoms with Crippen LogP contribution in [-0.4, -0.2) is 16.8 Å². The van der Waals surface area contributed by atoms with Crippen LogP contribution in [0.2, 0.25) is 0 Å². The number of halogens is 1. The zero-order valence-electron chi connectivity index (χ0n) is 10.6. The number of amides is 2. The largest absolute Gasteiger partial charge is 0.274 e. The topological polar surface area (TPSA) is 50.3 Å². The van der Waals surface area contributed by atoms with Crippen molar-refractivity contribution in [3.8, 4) is 0 Å². The highest BCUT2D eigenvalue weighted by molar-refractivity contribution is 9.10. The van der Waals surface area contributed by atoms with Gasteiger partial charge >= 0.3 is 0 Å². The van der Waals surface area contributed by atoms with Crippen LogP contribution >= 0.6 is 15.9 Å². The maximum Gasteiger partial charge on any atom is 0.241 e. The summed E-state index contributed by atoms with van der Waals surface area (Å²) in [6.07, 6.45) is 6.85. The van der Waals surface area contributed by atoms with E-state index in [0.29, 0.717) is 16.7 Å². The fourth-order valence-electron chi connectivity index (χ4n) is 3.17. The van der Waals surface area contributed by atoms with Crippen LogP contribution < -0.4 is 4.90 Å². The Morgan fingerprint density at radius 1 is 1.21 bits per heavy atom. The summed E-state index contributed by atoms with van der Waals surface area (Å²) in [4.78, 5) is 30.4. The summed E-state index contributed by atoms with van der Waals surface area (Å²) in [5, 5.41) is 0. The van der Waals surface area contributed by atoms with Gasteiger partial charge in [0.05, 0.1) is 9.89 Å². The van der Waals surface area contributed by atoms with Gasteiger partial charge in [0.15, 0.2) is 5.82 Å². The predicted molar refractivity (Wildman–Crippen MR) is 74.6 cm³/mol. The molecule has 1 aliphatic carbocycles. The van der Waals surface area contributed by atoms with Gasteiger partial charge in [-0.25, -0.2) is 9.88 Å². The summed E-state index contributed by atoms with van der Waals surface area (Å²) in [6.45, 7) is 0. The van der Waals surface area contributed by atoms with Crippen molar-refractivity contribution in [1.82, 2.24) is 4.98 Å². The van der Waals surface area contributed by atoms with E-state index in [9.17, 15) is 9.59 Å². The van der Waals surface area contributed by atoms with Crippen molar-refractivity contribution in [3.63, 3.8) is 0 Å². The molecule has 1 spiro atoms. The van der Waals surface area contributed by atoms with Gasteiger partial charge in [-0.1, -0.05) is 19.3 Å². The third-order valence-corrected chi connectivity index (χ3v) is 4.78. The van der Waals surface area contributed by atoms with E-state index in [1.165, 1.54) is 4.90 Å². The lowest BCUT2D eigenvalue weighted by atomic mass is 9.73. The normalized spacial score (nSPS) is 22.3. The molecule has 0 unspecified atom stereocenters. The van der Waals surface area contributed by atoms with Crippen molar-refractivity contribution >= 4 is 33.6 Å². The van der Waals surface area contributed by atoms with Crippen LogP contribution in [-0.2, 0) is 9.59 Å². The predicted octanol–water partition coefficient (Wildman–Crippen LogP) is 3.06. The Morgan fingerprint density at radius 2 is 1.95 bits per heavy atom. The second-order valence-corrected chi connectivity index (χ2v) is 6.22. The molecule has 0 N–H and O–H groups in total. The van der Waals surface area contributed by atoms with Gasteiger partial charge in [-0.05, 0) is 40.9 Å². The first-order valence-electron chi connectivity index (χ1n) is 6.62. The average molecular weight is 323 g/mol. The van der Waals surface area contributed by atoms with Crippen molar-refractivity contribution in [2.24, 2.45) is 5.41 Å². The van der Waals surface area contributed by atoms with E-state index >= 15 is 0 Å². The number of rotatable bonds is 1. The van der Waals surface area contributed by atoms with E-state index in [4.69, 9.17) is 0 Å². The molecule has 2 heterocycles. The van der Waals surface area contributed by atoms with Crippen molar-refractivity contribution in [1.29, 1.82) is 0 Å². The molecular weight excluding hydrogens is 308 g/mol. The Hall–Kier alpha value is -1.23. The van der Waals surface area contributed by atoms with Crippen LogP contribution in [0.4, 0.5) is 5.82 Å². The highest BCUT2D eigenvalue weighted by atomic mass is 79.9. The second kappa shape index (κ2) is 4.71. The molecule has 100 valence electrons. The van der Waals surface area contributed by atoms with Gasteiger partial charge in [-0.2, -0.15) is 0 Å². The monoisotopic (exact) mass is 322 g/mol. The van der Waals surface area contributed by atoms with Crippen LogP contribution in [0.15, 0.2) is 22.8 Å². The van der Waals surface area contributed by atoms with E-state index in [2.05, 4.69) is 20.9 Å². The first kappa shape index (κ1) is 12.8. The molecule has 2 amide bonds. The molecule has 5 heteroatoms. The smallest absolute Gasteiger partial charge is 0.241 e. The zero-order chi connectivity index (χ0) is 13.5. The van der Waals surface area contributed by atoms with E-state index in [-0.39, 0.29) is 11.8 Å². The minimum Gasteiger partial charge on any atom is -0.274 e. The molecule has 19 heavy (non-hydrogen) atoms. The number of hydrogen-bond acceptors (Lipinski definition) is 3. The Labute approximate surface area is 120 Å². The molecule has 0 bridgehead atoms. The maximum atomic E-state index is 12.7. The van der Waals surface area contributed by atoms with Crippen LogP contribution in [0.1, 0.15) is 38.5 Å². The molecule has 1 aromatic rings. The highest BCUT2D eigenvalue weighted by Crippen LogP contribution is 2.46. The molecule has 4 nitrogen and oxygen atoms in total. The van der Waals surface area contributed by atoms with Crippen LogP contribution in [0, 0.1) is 5.41 Å². The fraction of sp³-hybridized carbons (Fsp3) is 0.500. The molecule has 0 atom stereocenters. The molecule has 1 aliphatic heterocycles. The quantitative estimate of drug-likeness (QED) is 0.747. The van der Waals surface area contributed by atoms with Crippen molar-refractivity contribution < 1.29 is 9.59 Å². The minimum atomic E-state index is -0.452.